The van der Waals surface area contributed by atoms with Crippen LogP contribution in [0.4, 0.5) is 0 Å². The number of rotatable bonds is 2. The van der Waals surface area contributed by atoms with Crippen molar-refractivity contribution < 1.29 is 26.7 Å². The van der Waals surface area contributed by atoms with E-state index in [1.165, 1.54) is 0 Å². The number of carbonyl (C=O) groups is 1. The average molecular weight is 147 g/mol. The molecule has 45 valence electrons. The number of hydrogen-bond donors (Lipinski definition) is 1. The van der Waals surface area contributed by atoms with Gasteiger partial charge in [-0.15, -0.1) is 0 Å². The maximum absolute atomic E-state index is 9.60. The van der Waals surface area contributed by atoms with Crippen LogP contribution in [0.5, 0.6) is 0 Å². The fraction of sp³-hybridized carbons (Fsp3) is 0.750. The van der Waals surface area contributed by atoms with Crippen LogP contribution in [0.1, 0.15) is 19.8 Å². The maximum Gasteiger partial charge on any atom is 0.303 e. The number of carboxylic acid groups (broad SMARTS) is 1. The normalized spacial score (nSPS) is 7.00. The van der Waals surface area contributed by atoms with Gasteiger partial charge in [-0.3, -0.25) is 4.79 Å². The number of carboxylic acids is 1. The van der Waals surface area contributed by atoms with E-state index in [1.807, 2.05) is 6.92 Å². The van der Waals surface area contributed by atoms with E-state index in [4.69, 9.17) is 5.11 Å². The molecule has 0 heterocycles. The zero-order chi connectivity index (χ0) is 4.99. The van der Waals surface area contributed by atoms with E-state index in [2.05, 4.69) is 0 Å². The number of aliphatic carboxylic acids is 1. The molecule has 0 spiro atoms. The van der Waals surface area contributed by atoms with E-state index in [-0.39, 0.29) is 16.8 Å². The Hall–Kier alpha value is -0.0235. The van der Waals surface area contributed by atoms with Gasteiger partial charge in [0.15, 0.2) is 0 Å². The van der Waals surface area contributed by atoms with Crippen LogP contribution in [0.3, 0.4) is 0 Å². The van der Waals surface area contributed by atoms with Crippen LogP contribution in [-0.2, 0) is 21.6 Å². The van der Waals surface area contributed by atoms with Gasteiger partial charge >= 0.3 is 5.97 Å². The molecule has 0 aromatic rings. The van der Waals surface area contributed by atoms with Crippen LogP contribution in [0.2, 0.25) is 0 Å². The van der Waals surface area contributed by atoms with Gasteiger partial charge in [-0.05, 0) is 6.42 Å². The Kier molecular flexibility index (Phi) is 8.59. The van der Waals surface area contributed by atoms with Gasteiger partial charge in [0, 0.05) is 23.2 Å². The van der Waals surface area contributed by atoms with Gasteiger partial charge in [0.05, 0.1) is 0 Å². The Morgan fingerprint density at radius 3 is 2.14 bits per heavy atom. The first kappa shape index (κ1) is 10.1. The molecule has 1 radical (unpaired) electrons. The molecule has 0 rings (SSSR count). The second kappa shape index (κ2) is 5.98. The van der Waals surface area contributed by atoms with Crippen molar-refractivity contribution in [1.82, 2.24) is 0 Å². The zero-order valence-electron chi connectivity index (χ0n) is 4.10. The van der Waals surface area contributed by atoms with Gasteiger partial charge in [0.2, 0.25) is 0 Å². The molecule has 0 unspecified atom stereocenters. The summed E-state index contributed by atoms with van der Waals surface area (Å²) in [6, 6.07) is 0. The van der Waals surface area contributed by atoms with E-state index in [9.17, 15) is 4.79 Å². The Labute approximate surface area is 53.1 Å². The first-order valence-corrected chi connectivity index (χ1v) is 1.99. The third kappa shape index (κ3) is 10.7. The summed E-state index contributed by atoms with van der Waals surface area (Å²) in [5.41, 5.74) is 0. The summed E-state index contributed by atoms with van der Waals surface area (Å²) in [6.45, 7) is 1.84. The van der Waals surface area contributed by atoms with Crippen LogP contribution in [0.25, 0.3) is 0 Å². The van der Waals surface area contributed by atoms with Gasteiger partial charge in [-0.25, -0.2) is 0 Å². The molecular formula is C4H8CoO2. The molecule has 2 nitrogen and oxygen atoms in total. The monoisotopic (exact) mass is 147 g/mol. The molecule has 0 aromatic heterocycles. The Morgan fingerprint density at radius 2 is 2.14 bits per heavy atom. The second-order valence-electron chi connectivity index (χ2n) is 1.14. The summed E-state index contributed by atoms with van der Waals surface area (Å²) in [7, 11) is 0. The van der Waals surface area contributed by atoms with Crippen molar-refractivity contribution in [2.45, 2.75) is 19.8 Å². The summed E-state index contributed by atoms with van der Waals surface area (Å²) in [4.78, 5) is 9.60. The molecular weight excluding hydrogens is 139 g/mol. The Bertz CT molecular complexity index is 53.7. The minimum absolute atomic E-state index is 0. The summed E-state index contributed by atoms with van der Waals surface area (Å²) in [6.07, 6.45) is 1.02. The van der Waals surface area contributed by atoms with E-state index in [1.54, 1.807) is 0 Å². The van der Waals surface area contributed by atoms with Crippen LogP contribution in [0, 0.1) is 0 Å². The molecule has 0 aliphatic carbocycles. The second-order valence-corrected chi connectivity index (χ2v) is 1.14. The molecule has 3 heteroatoms. The third-order valence-electron chi connectivity index (χ3n) is 0.464. The number of hydrogen-bond acceptors (Lipinski definition) is 1. The zero-order valence-corrected chi connectivity index (χ0v) is 5.14. The first-order chi connectivity index (χ1) is 2.77. The minimum Gasteiger partial charge on any atom is -0.481 e. The SMILES string of the molecule is CCCC(=O)O.[Co]. The molecule has 0 aliphatic heterocycles. The van der Waals surface area contributed by atoms with Crippen molar-refractivity contribution >= 4 is 5.97 Å². The predicted octanol–water partition coefficient (Wildman–Crippen LogP) is 0.869. The van der Waals surface area contributed by atoms with Gasteiger partial charge in [0.25, 0.3) is 0 Å². The van der Waals surface area contributed by atoms with E-state index >= 15 is 0 Å². The van der Waals surface area contributed by atoms with Gasteiger partial charge in [-0.2, -0.15) is 0 Å². The minimum atomic E-state index is -0.711. The largest absolute Gasteiger partial charge is 0.481 e. The van der Waals surface area contributed by atoms with Crippen molar-refractivity contribution in [3.05, 3.63) is 0 Å². The molecule has 0 fully saturated rings. The van der Waals surface area contributed by atoms with Gasteiger partial charge in [-0.1, -0.05) is 6.92 Å². The maximum atomic E-state index is 9.60. The summed E-state index contributed by atoms with van der Waals surface area (Å²) in [5.74, 6) is -0.711. The Balaban J connectivity index is 0. The van der Waals surface area contributed by atoms with Crippen molar-refractivity contribution in [2.75, 3.05) is 0 Å². The topological polar surface area (TPSA) is 37.3 Å². The molecule has 1 N–H and O–H groups in total. The molecule has 0 aliphatic rings. The molecule has 0 bridgehead atoms. The molecule has 0 saturated heterocycles. The van der Waals surface area contributed by atoms with Crippen LogP contribution >= 0.6 is 0 Å². The molecule has 0 amide bonds. The fourth-order valence-corrected chi connectivity index (χ4v) is 0.214. The summed E-state index contributed by atoms with van der Waals surface area (Å²) < 4.78 is 0. The quantitative estimate of drug-likeness (QED) is 0.629. The summed E-state index contributed by atoms with van der Waals surface area (Å²) in [5, 5.41) is 7.91. The molecule has 7 heavy (non-hydrogen) atoms. The summed E-state index contributed by atoms with van der Waals surface area (Å²) >= 11 is 0. The first-order valence-electron chi connectivity index (χ1n) is 1.99. The van der Waals surface area contributed by atoms with Crippen LogP contribution in [-0.4, -0.2) is 11.1 Å². The van der Waals surface area contributed by atoms with Gasteiger partial charge in [0.1, 0.15) is 0 Å². The van der Waals surface area contributed by atoms with Crippen molar-refractivity contribution in [3.63, 3.8) is 0 Å². The van der Waals surface area contributed by atoms with Crippen LogP contribution < -0.4 is 0 Å². The van der Waals surface area contributed by atoms with Crippen molar-refractivity contribution in [2.24, 2.45) is 0 Å². The van der Waals surface area contributed by atoms with Crippen molar-refractivity contribution in [3.8, 4) is 0 Å². The molecule has 0 aromatic carbocycles. The smallest absolute Gasteiger partial charge is 0.303 e. The van der Waals surface area contributed by atoms with E-state index < -0.39 is 5.97 Å². The molecule has 0 atom stereocenters. The Morgan fingerprint density at radius 1 is 1.71 bits per heavy atom. The fourth-order valence-electron chi connectivity index (χ4n) is 0.214. The van der Waals surface area contributed by atoms with E-state index in [0.29, 0.717) is 6.42 Å². The third-order valence-corrected chi connectivity index (χ3v) is 0.464. The van der Waals surface area contributed by atoms with Crippen LogP contribution in [0.15, 0.2) is 0 Å². The molecule has 0 saturated carbocycles. The predicted molar refractivity (Wildman–Crippen MR) is 22.5 cm³/mol. The van der Waals surface area contributed by atoms with E-state index in [0.717, 1.165) is 6.42 Å². The van der Waals surface area contributed by atoms with Gasteiger partial charge < -0.3 is 5.11 Å². The standard InChI is InChI=1S/C4H8O2.Co/c1-2-3-4(5)6;/h2-3H2,1H3,(H,5,6);. The average Bonchev–Trinajstić information content (AvgIpc) is 1.35. The van der Waals surface area contributed by atoms with Crippen molar-refractivity contribution in [1.29, 1.82) is 0 Å².